The fourth-order valence-electron chi connectivity index (χ4n) is 4.27. The minimum absolute atomic E-state index is 0.0335. The molecule has 1 heterocycles. The molecule has 0 aliphatic heterocycles. The van der Waals surface area contributed by atoms with Gasteiger partial charge >= 0.3 is 11.9 Å². The Morgan fingerprint density at radius 2 is 1.45 bits per heavy atom. The van der Waals surface area contributed by atoms with E-state index in [9.17, 15) is 39.0 Å². The van der Waals surface area contributed by atoms with E-state index in [0.717, 1.165) is 10.9 Å². The van der Waals surface area contributed by atoms with Crippen LogP contribution in [0.2, 0.25) is 0 Å². The molecule has 15 nitrogen and oxygen atoms in total. The number of carboxylic acids is 2. The van der Waals surface area contributed by atoms with Crippen molar-refractivity contribution in [3.8, 4) is 0 Å². The summed E-state index contributed by atoms with van der Waals surface area (Å²) >= 11 is 0. The van der Waals surface area contributed by atoms with Crippen LogP contribution in [0.1, 0.15) is 50.5 Å². The highest BCUT2D eigenvalue weighted by atomic mass is 16.4. The van der Waals surface area contributed by atoms with Crippen molar-refractivity contribution in [1.82, 2.24) is 20.9 Å². The number of aromatic amines is 1. The van der Waals surface area contributed by atoms with Gasteiger partial charge in [0.2, 0.25) is 23.6 Å². The Labute approximate surface area is 241 Å². The van der Waals surface area contributed by atoms with Gasteiger partial charge in [-0.05, 0) is 50.3 Å². The van der Waals surface area contributed by atoms with Crippen molar-refractivity contribution in [3.63, 3.8) is 0 Å². The first-order valence-electron chi connectivity index (χ1n) is 13.6. The molecule has 0 saturated carbocycles. The summed E-state index contributed by atoms with van der Waals surface area (Å²) in [5, 5.41) is 26.9. The van der Waals surface area contributed by atoms with Crippen molar-refractivity contribution in [1.29, 1.82) is 0 Å². The molecule has 0 radical (unpaired) electrons. The SMILES string of the molecule is NCCCCC(NC(=O)C(CCC(=O)O)NC(=O)C(Cc1c[nH]c2ccccc12)NC(=O)C(N)CCC(N)=O)C(=O)O. The average molecular weight is 590 g/mol. The van der Waals surface area contributed by atoms with Crippen molar-refractivity contribution < 1.29 is 39.0 Å². The van der Waals surface area contributed by atoms with Crippen LogP contribution in [0.5, 0.6) is 0 Å². The molecule has 1 aromatic heterocycles. The molecule has 15 heteroatoms. The number of carboxylic acid groups (broad SMARTS) is 2. The maximum absolute atomic E-state index is 13.5. The lowest BCUT2D eigenvalue weighted by atomic mass is 10.0. The molecule has 2 rings (SSSR count). The lowest BCUT2D eigenvalue weighted by molar-refractivity contribution is -0.143. The van der Waals surface area contributed by atoms with E-state index in [1.165, 1.54) is 0 Å². The fraction of sp³-hybridized carbons (Fsp3) is 0.481. The standard InChI is InChI=1S/C27H39N7O8/c28-12-4-3-7-20(27(41)42)33-25(39)19(9-11-23(36)37)32-26(40)21(34-24(38)17(29)8-10-22(30)35)13-15-14-31-18-6-2-1-5-16(15)18/h1-2,5-6,14,17,19-21,31H,3-4,7-13,28-29H2,(H2,30,35)(H,32,40)(H,33,39)(H,34,38)(H,36,37)(H,41,42). The minimum Gasteiger partial charge on any atom is -0.481 e. The van der Waals surface area contributed by atoms with Crippen LogP contribution in [0.3, 0.4) is 0 Å². The maximum Gasteiger partial charge on any atom is 0.326 e. The van der Waals surface area contributed by atoms with Gasteiger partial charge in [-0.1, -0.05) is 18.2 Å². The Hall–Kier alpha value is -4.50. The number of hydrogen-bond donors (Lipinski definition) is 9. The van der Waals surface area contributed by atoms with Gasteiger partial charge in [0.15, 0.2) is 0 Å². The smallest absolute Gasteiger partial charge is 0.326 e. The molecule has 0 aliphatic rings. The van der Waals surface area contributed by atoms with E-state index in [1.54, 1.807) is 12.3 Å². The number of fused-ring (bicyclic) bond motifs is 1. The zero-order valence-corrected chi connectivity index (χ0v) is 23.1. The highest BCUT2D eigenvalue weighted by Crippen LogP contribution is 2.19. The summed E-state index contributed by atoms with van der Waals surface area (Å²) in [7, 11) is 0. The Kier molecular flexibility index (Phi) is 13.4. The first-order valence-corrected chi connectivity index (χ1v) is 13.6. The second-order valence-electron chi connectivity index (χ2n) is 9.91. The van der Waals surface area contributed by atoms with Crippen LogP contribution in [0.15, 0.2) is 30.5 Å². The lowest BCUT2D eigenvalue weighted by Gasteiger charge is -2.25. The summed E-state index contributed by atoms with van der Waals surface area (Å²) in [4.78, 5) is 76.6. The van der Waals surface area contributed by atoms with Crippen molar-refractivity contribution in [2.24, 2.45) is 17.2 Å². The van der Waals surface area contributed by atoms with Crippen LogP contribution < -0.4 is 33.2 Å². The average Bonchev–Trinajstić information content (AvgIpc) is 3.35. The van der Waals surface area contributed by atoms with Gasteiger partial charge < -0.3 is 48.3 Å². The van der Waals surface area contributed by atoms with Gasteiger partial charge in [-0.15, -0.1) is 0 Å². The Balaban J connectivity index is 2.29. The number of hydrogen-bond acceptors (Lipinski definition) is 8. The van der Waals surface area contributed by atoms with Gasteiger partial charge in [0.25, 0.3) is 0 Å². The van der Waals surface area contributed by atoms with E-state index in [4.69, 9.17) is 17.2 Å². The molecule has 1 aromatic carbocycles. The predicted molar refractivity (Wildman–Crippen MR) is 152 cm³/mol. The summed E-state index contributed by atoms with van der Waals surface area (Å²) < 4.78 is 0. The van der Waals surface area contributed by atoms with Crippen LogP contribution in [0, 0.1) is 0 Å². The second-order valence-corrected chi connectivity index (χ2v) is 9.91. The van der Waals surface area contributed by atoms with Crippen molar-refractivity contribution in [2.75, 3.05) is 6.54 Å². The number of aromatic nitrogens is 1. The number of nitrogens with two attached hydrogens (primary N) is 3. The van der Waals surface area contributed by atoms with E-state index in [2.05, 4.69) is 20.9 Å². The third kappa shape index (κ3) is 10.8. The predicted octanol–water partition coefficient (Wildman–Crippen LogP) is -1.16. The number of amides is 4. The van der Waals surface area contributed by atoms with Crippen LogP contribution in [-0.4, -0.2) is 81.5 Å². The highest BCUT2D eigenvalue weighted by molar-refractivity contribution is 5.95. The molecular formula is C27H39N7O8. The molecule has 4 amide bonds. The number of H-pyrrole nitrogens is 1. The van der Waals surface area contributed by atoms with Gasteiger partial charge in [0.05, 0.1) is 6.04 Å². The third-order valence-electron chi connectivity index (χ3n) is 6.61. The van der Waals surface area contributed by atoms with Crippen LogP contribution >= 0.6 is 0 Å². The highest BCUT2D eigenvalue weighted by Gasteiger charge is 2.31. The van der Waals surface area contributed by atoms with Gasteiger partial charge in [0.1, 0.15) is 18.1 Å². The van der Waals surface area contributed by atoms with Gasteiger partial charge in [0, 0.05) is 36.4 Å². The quantitative estimate of drug-likeness (QED) is 0.0886. The third-order valence-corrected chi connectivity index (χ3v) is 6.61. The number of carbonyl (C=O) groups excluding carboxylic acids is 4. The number of aliphatic carboxylic acids is 2. The molecule has 0 saturated heterocycles. The lowest BCUT2D eigenvalue weighted by Crippen LogP contribution is -2.57. The summed E-state index contributed by atoms with van der Waals surface area (Å²) in [6.45, 7) is 0.341. The van der Waals surface area contributed by atoms with Crippen LogP contribution in [-0.2, 0) is 35.2 Å². The summed E-state index contributed by atoms with van der Waals surface area (Å²) in [6.07, 6.45) is 1.62. The van der Waals surface area contributed by atoms with E-state index in [1.807, 2.05) is 18.2 Å². The first-order chi connectivity index (χ1) is 19.9. The molecule has 0 spiro atoms. The van der Waals surface area contributed by atoms with E-state index < -0.39 is 66.2 Å². The molecule has 0 fully saturated rings. The maximum atomic E-state index is 13.5. The molecular weight excluding hydrogens is 550 g/mol. The number of rotatable bonds is 19. The molecule has 0 aliphatic carbocycles. The first kappa shape index (κ1) is 33.7. The molecule has 12 N–H and O–H groups in total. The topological polar surface area (TPSA) is 273 Å². The zero-order valence-electron chi connectivity index (χ0n) is 23.1. The zero-order chi connectivity index (χ0) is 31.2. The summed E-state index contributed by atoms with van der Waals surface area (Å²) in [6, 6.07) is 2.13. The fourth-order valence-corrected chi connectivity index (χ4v) is 4.27. The number of primary amides is 1. The monoisotopic (exact) mass is 589 g/mol. The molecule has 4 unspecified atom stereocenters. The normalized spacial score (nSPS) is 13.9. The van der Waals surface area contributed by atoms with E-state index in [0.29, 0.717) is 24.9 Å². The molecule has 4 atom stereocenters. The molecule has 2 aromatic rings. The molecule has 230 valence electrons. The van der Waals surface area contributed by atoms with Gasteiger partial charge in [-0.2, -0.15) is 0 Å². The van der Waals surface area contributed by atoms with Crippen molar-refractivity contribution in [3.05, 3.63) is 36.0 Å². The van der Waals surface area contributed by atoms with Crippen LogP contribution in [0.4, 0.5) is 0 Å². The number of para-hydroxylation sites is 1. The van der Waals surface area contributed by atoms with Gasteiger partial charge in [-0.3, -0.25) is 24.0 Å². The van der Waals surface area contributed by atoms with Gasteiger partial charge in [-0.25, -0.2) is 4.79 Å². The molecule has 42 heavy (non-hydrogen) atoms. The van der Waals surface area contributed by atoms with E-state index in [-0.39, 0.29) is 32.1 Å². The molecule has 0 bridgehead atoms. The van der Waals surface area contributed by atoms with E-state index >= 15 is 0 Å². The van der Waals surface area contributed by atoms with Crippen LogP contribution in [0.25, 0.3) is 10.9 Å². The Morgan fingerprint density at radius 3 is 2.10 bits per heavy atom. The van der Waals surface area contributed by atoms with Crippen molar-refractivity contribution >= 4 is 46.5 Å². The van der Waals surface area contributed by atoms with Crippen molar-refractivity contribution in [2.45, 2.75) is 75.5 Å². The largest absolute Gasteiger partial charge is 0.481 e. The number of nitrogens with one attached hydrogen (secondary N) is 4. The number of carbonyl (C=O) groups is 6. The summed E-state index contributed by atoms with van der Waals surface area (Å²) in [5.74, 6) is -5.63. The minimum atomic E-state index is -1.42. The summed E-state index contributed by atoms with van der Waals surface area (Å²) in [5.41, 5.74) is 17.9. The Bertz CT molecular complexity index is 1260. The number of benzene rings is 1. The second kappa shape index (κ2) is 16.7. The Morgan fingerprint density at radius 1 is 0.810 bits per heavy atom. The number of unbranched alkanes of at least 4 members (excludes halogenated alkanes) is 1.